The van der Waals surface area contributed by atoms with Crippen LogP contribution in [0.15, 0.2) is 60.7 Å². The number of epoxide rings is 1. The second-order valence-electron chi connectivity index (χ2n) is 8.43. The molecule has 0 unspecified atom stereocenters. The fourth-order valence-electron chi connectivity index (χ4n) is 6.28. The minimum atomic E-state index is -0.0416. The van der Waals surface area contributed by atoms with Crippen molar-refractivity contribution in [2.24, 2.45) is 0 Å². The van der Waals surface area contributed by atoms with Gasteiger partial charge in [0.2, 0.25) is 0 Å². The Morgan fingerprint density at radius 3 is 1.40 bits per heavy atom. The van der Waals surface area contributed by atoms with Crippen LogP contribution < -0.4 is 0 Å². The fourth-order valence-corrected chi connectivity index (χ4v) is 6.28. The molecule has 0 N–H and O–H groups in total. The lowest BCUT2D eigenvalue weighted by atomic mass is 9.51. The lowest BCUT2D eigenvalue weighted by Gasteiger charge is -2.61. The number of fused-ring (bicyclic) bond motifs is 1. The van der Waals surface area contributed by atoms with Crippen molar-refractivity contribution in [3.8, 4) is 0 Å². The lowest BCUT2D eigenvalue weighted by Crippen LogP contribution is -2.75. The van der Waals surface area contributed by atoms with E-state index in [1.54, 1.807) is 0 Å². The molecular formula is C22H24N2O. The summed E-state index contributed by atoms with van der Waals surface area (Å²) >= 11 is 0. The number of nitrogens with zero attached hydrogens (tertiary/aromatic N) is 2. The van der Waals surface area contributed by atoms with E-state index >= 15 is 0 Å². The molecule has 2 aromatic rings. The van der Waals surface area contributed by atoms with E-state index in [0.29, 0.717) is 0 Å². The Bertz CT molecular complexity index is 722. The summed E-state index contributed by atoms with van der Waals surface area (Å²) in [5, 5.41) is 0. The van der Waals surface area contributed by atoms with E-state index in [9.17, 15) is 0 Å². The number of hydrogen-bond acceptors (Lipinski definition) is 3. The van der Waals surface area contributed by atoms with Gasteiger partial charge in [-0.2, -0.15) is 0 Å². The normalized spacial score (nSPS) is 44.0. The number of ether oxygens (including phenoxy) is 1. The third kappa shape index (κ3) is 1.67. The van der Waals surface area contributed by atoms with Crippen molar-refractivity contribution in [3.63, 3.8) is 0 Å². The van der Waals surface area contributed by atoms with E-state index in [4.69, 9.17) is 4.74 Å². The first-order valence-corrected chi connectivity index (χ1v) is 9.48. The molecule has 5 heterocycles. The zero-order valence-corrected chi connectivity index (χ0v) is 14.5. The van der Waals surface area contributed by atoms with Gasteiger partial charge in [0.25, 0.3) is 0 Å². The summed E-state index contributed by atoms with van der Waals surface area (Å²) in [6.07, 6.45) is 0. The molecule has 5 fully saturated rings. The van der Waals surface area contributed by atoms with Gasteiger partial charge in [-0.1, -0.05) is 60.7 Å². The van der Waals surface area contributed by atoms with Crippen molar-refractivity contribution in [3.05, 3.63) is 71.8 Å². The maximum atomic E-state index is 6.49. The molecular weight excluding hydrogens is 308 g/mol. The van der Waals surface area contributed by atoms with Gasteiger partial charge in [0.15, 0.2) is 0 Å². The topological polar surface area (TPSA) is 19.0 Å². The molecule has 3 nitrogen and oxygen atoms in total. The molecule has 0 saturated carbocycles. The summed E-state index contributed by atoms with van der Waals surface area (Å²) in [5.74, 6) is 0. The lowest BCUT2D eigenvalue weighted by molar-refractivity contribution is -0.0545. The molecule has 0 atom stereocenters. The van der Waals surface area contributed by atoms with Gasteiger partial charge < -0.3 is 4.74 Å². The third-order valence-electron chi connectivity index (χ3n) is 7.34. The molecule has 0 radical (unpaired) electrons. The van der Waals surface area contributed by atoms with Crippen LogP contribution >= 0.6 is 0 Å². The largest absolute Gasteiger partial charge is 0.367 e. The summed E-state index contributed by atoms with van der Waals surface area (Å²) in [6.45, 7) is 7.77. The summed E-state index contributed by atoms with van der Waals surface area (Å²) in [5.41, 5.74) is 3.04. The molecule has 2 aromatic carbocycles. The third-order valence-corrected chi connectivity index (χ3v) is 7.34. The van der Waals surface area contributed by atoms with E-state index in [1.807, 2.05) is 0 Å². The van der Waals surface area contributed by atoms with Gasteiger partial charge in [-0.25, -0.2) is 0 Å². The molecule has 4 bridgehead atoms. The van der Waals surface area contributed by atoms with Crippen LogP contribution in [-0.2, 0) is 15.6 Å². The molecule has 0 amide bonds. The van der Waals surface area contributed by atoms with Crippen molar-refractivity contribution in [1.29, 1.82) is 0 Å². The van der Waals surface area contributed by atoms with Crippen LogP contribution in [0.3, 0.4) is 0 Å². The highest BCUT2D eigenvalue weighted by Gasteiger charge is 2.78. The molecule has 3 heteroatoms. The maximum absolute atomic E-state index is 6.49. The van der Waals surface area contributed by atoms with Gasteiger partial charge in [0, 0.05) is 39.3 Å². The van der Waals surface area contributed by atoms with Gasteiger partial charge in [-0.3, -0.25) is 9.80 Å². The number of piperidine rings is 2. The van der Waals surface area contributed by atoms with Crippen molar-refractivity contribution in [2.45, 2.75) is 16.4 Å². The van der Waals surface area contributed by atoms with Gasteiger partial charge in [-0.05, 0) is 11.1 Å². The van der Waals surface area contributed by atoms with Crippen LogP contribution in [0.2, 0.25) is 0 Å². The molecule has 5 aliphatic rings. The average molecular weight is 332 g/mol. The molecule has 5 aliphatic heterocycles. The highest BCUT2D eigenvalue weighted by atomic mass is 16.6. The van der Waals surface area contributed by atoms with Crippen LogP contribution in [0.1, 0.15) is 11.1 Å². The zero-order valence-electron chi connectivity index (χ0n) is 14.5. The van der Waals surface area contributed by atoms with Gasteiger partial charge in [0.1, 0.15) is 5.60 Å². The molecule has 25 heavy (non-hydrogen) atoms. The molecule has 0 aliphatic carbocycles. The summed E-state index contributed by atoms with van der Waals surface area (Å²) in [7, 11) is 0. The predicted molar refractivity (Wildman–Crippen MR) is 97.8 cm³/mol. The minimum Gasteiger partial charge on any atom is -0.367 e. The van der Waals surface area contributed by atoms with Gasteiger partial charge in [0.05, 0.1) is 17.4 Å². The SMILES string of the molecule is c1ccc(C23CN4CCN(C2)CC(c2ccccc2)(C4)C32CO2)cc1. The molecule has 7 rings (SSSR count). The van der Waals surface area contributed by atoms with E-state index in [-0.39, 0.29) is 16.4 Å². The van der Waals surface area contributed by atoms with E-state index < -0.39 is 0 Å². The highest BCUT2D eigenvalue weighted by molar-refractivity contribution is 5.48. The van der Waals surface area contributed by atoms with Crippen molar-refractivity contribution < 1.29 is 4.74 Å². The summed E-state index contributed by atoms with van der Waals surface area (Å²) in [6, 6.07) is 22.4. The van der Waals surface area contributed by atoms with Crippen molar-refractivity contribution in [2.75, 3.05) is 45.9 Å². The minimum absolute atomic E-state index is 0.0416. The summed E-state index contributed by atoms with van der Waals surface area (Å²) < 4.78 is 6.49. The molecule has 1 spiro atoms. The zero-order chi connectivity index (χ0) is 16.5. The van der Waals surface area contributed by atoms with Crippen LogP contribution in [0.4, 0.5) is 0 Å². The van der Waals surface area contributed by atoms with Crippen LogP contribution in [0.5, 0.6) is 0 Å². The molecule has 0 aromatic heterocycles. The van der Waals surface area contributed by atoms with Crippen molar-refractivity contribution >= 4 is 0 Å². The van der Waals surface area contributed by atoms with E-state index in [2.05, 4.69) is 70.5 Å². The Labute approximate surface area is 149 Å². The number of rotatable bonds is 2. The van der Waals surface area contributed by atoms with Crippen LogP contribution in [-0.4, -0.2) is 61.3 Å². The second-order valence-corrected chi connectivity index (χ2v) is 8.43. The predicted octanol–water partition coefficient (Wildman–Crippen LogP) is 2.28. The molecule has 128 valence electrons. The first kappa shape index (κ1) is 14.5. The fraction of sp³-hybridized carbons (Fsp3) is 0.455. The second kappa shape index (κ2) is 4.73. The Kier molecular flexibility index (Phi) is 2.74. The number of hydrogen-bond donors (Lipinski definition) is 0. The Morgan fingerprint density at radius 2 is 1.04 bits per heavy atom. The maximum Gasteiger partial charge on any atom is 0.116 e. The first-order chi connectivity index (χ1) is 12.3. The standard InChI is InChI=1S/C22H24N2O/c1-3-7-18(8-4-1)20-13-23-11-12-24(14-20)16-21(15-23,22(20)17-25-22)19-9-5-2-6-10-19/h1-10H,11-17H2. The summed E-state index contributed by atoms with van der Waals surface area (Å²) in [4.78, 5) is 5.42. The Morgan fingerprint density at radius 1 is 0.640 bits per heavy atom. The first-order valence-electron chi connectivity index (χ1n) is 9.48. The van der Waals surface area contributed by atoms with Crippen molar-refractivity contribution in [1.82, 2.24) is 9.80 Å². The quantitative estimate of drug-likeness (QED) is 0.787. The monoisotopic (exact) mass is 332 g/mol. The highest BCUT2D eigenvalue weighted by Crippen LogP contribution is 2.64. The van der Waals surface area contributed by atoms with Crippen LogP contribution in [0, 0.1) is 0 Å². The number of benzene rings is 2. The Balaban J connectivity index is 1.62. The van der Waals surface area contributed by atoms with Crippen LogP contribution in [0.25, 0.3) is 0 Å². The van der Waals surface area contributed by atoms with Gasteiger partial charge >= 0.3 is 0 Å². The smallest absolute Gasteiger partial charge is 0.116 e. The Hall–Kier alpha value is -1.68. The molecule has 5 saturated heterocycles. The van der Waals surface area contributed by atoms with Gasteiger partial charge in [-0.15, -0.1) is 0 Å². The average Bonchev–Trinajstić information content (AvgIpc) is 3.46. The van der Waals surface area contributed by atoms with E-state index in [1.165, 1.54) is 24.2 Å². The van der Waals surface area contributed by atoms with E-state index in [0.717, 1.165) is 32.8 Å².